The molecule has 0 fully saturated rings. The molecule has 1 aliphatic rings. The van der Waals surface area contributed by atoms with E-state index in [-0.39, 0.29) is 0 Å². The highest BCUT2D eigenvalue weighted by Gasteiger charge is 2.28. The third-order valence-corrected chi connectivity index (χ3v) is 5.82. The lowest BCUT2D eigenvalue weighted by atomic mass is 9.97. The van der Waals surface area contributed by atoms with Gasteiger partial charge in [0.15, 0.2) is 0 Å². The molecule has 1 aliphatic carbocycles. The van der Waals surface area contributed by atoms with Crippen LogP contribution in [0, 0.1) is 6.92 Å². The van der Waals surface area contributed by atoms with Crippen LogP contribution in [0.1, 0.15) is 41.7 Å². The topological polar surface area (TPSA) is 71.2 Å². The quantitative estimate of drug-likeness (QED) is 0.754. The summed E-state index contributed by atoms with van der Waals surface area (Å²) in [6.45, 7) is 3.95. The van der Waals surface area contributed by atoms with Crippen LogP contribution in [-0.2, 0) is 18.4 Å². The van der Waals surface area contributed by atoms with Crippen molar-refractivity contribution in [1.82, 2.24) is 9.97 Å². The minimum absolute atomic E-state index is 0.330. The SMILES string of the molecule is Cc1ccc(C(C)(O)CNc2ncnc3sc4c(c23)CCCC4)o1. The summed E-state index contributed by atoms with van der Waals surface area (Å²) in [7, 11) is 0. The molecule has 3 aromatic rings. The third kappa shape index (κ3) is 2.70. The Bertz CT molecular complexity index is 882. The predicted octanol–water partition coefficient (Wildman–Crippen LogP) is 3.79. The monoisotopic (exact) mass is 343 g/mol. The van der Waals surface area contributed by atoms with E-state index in [1.165, 1.54) is 23.3 Å². The summed E-state index contributed by atoms with van der Waals surface area (Å²) < 4.78 is 5.58. The van der Waals surface area contributed by atoms with Crippen LogP contribution in [0.5, 0.6) is 0 Å². The van der Waals surface area contributed by atoms with Gasteiger partial charge in [-0.1, -0.05) is 0 Å². The predicted molar refractivity (Wildman–Crippen MR) is 95.6 cm³/mol. The summed E-state index contributed by atoms with van der Waals surface area (Å²) in [6.07, 6.45) is 6.29. The minimum atomic E-state index is -1.10. The molecule has 0 aliphatic heterocycles. The standard InChI is InChI=1S/C18H21N3O2S/c1-11-7-8-14(23-11)18(2,22)9-19-16-15-12-5-3-4-6-13(12)24-17(15)21-10-20-16/h7-8,10,22H,3-6,9H2,1-2H3,(H,19,20,21). The second kappa shape index (κ2) is 5.86. The Morgan fingerprint density at radius 1 is 1.29 bits per heavy atom. The molecule has 3 aromatic heterocycles. The summed E-state index contributed by atoms with van der Waals surface area (Å²) in [5.74, 6) is 2.16. The third-order valence-electron chi connectivity index (χ3n) is 4.62. The van der Waals surface area contributed by atoms with Crippen molar-refractivity contribution in [2.24, 2.45) is 0 Å². The van der Waals surface area contributed by atoms with Gasteiger partial charge in [0.05, 0.1) is 11.9 Å². The number of hydrogen-bond donors (Lipinski definition) is 2. The molecule has 4 rings (SSSR count). The molecule has 0 saturated carbocycles. The van der Waals surface area contributed by atoms with E-state index >= 15 is 0 Å². The van der Waals surface area contributed by atoms with Crippen LogP contribution in [0.3, 0.4) is 0 Å². The smallest absolute Gasteiger partial charge is 0.138 e. The second-order valence-corrected chi connectivity index (χ2v) is 7.73. The first kappa shape index (κ1) is 15.6. The molecule has 0 radical (unpaired) electrons. The van der Waals surface area contributed by atoms with Crippen molar-refractivity contribution in [2.75, 3.05) is 11.9 Å². The highest BCUT2D eigenvalue weighted by atomic mass is 32.1. The molecule has 3 heterocycles. The average Bonchev–Trinajstić information content (AvgIpc) is 3.17. The van der Waals surface area contributed by atoms with E-state index in [1.807, 2.05) is 19.1 Å². The van der Waals surface area contributed by atoms with Crippen molar-refractivity contribution in [3.63, 3.8) is 0 Å². The Kier molecular flexibility index (Phi) is 3.81. The maximum absolute atomic E-state index is 10.7. The summed E-state index contributed by atoms with van der Waals surface area (Å²) >= 11 is 1.77. The zero-order chi connectivity index (χ0) is 16.7. The molecule has 1 unspecified atom stereocenters. The summed E-state index contributed by atoms with van der Waals surface area (Å²) in [6, 6.07) is 3.68. The van der Waals surface area contributed by atoms with E-state index in [0.29, 0.717) is 12.3 Å². The Morgan fingerprint density at radius 3 is 2.92 bits per heavy atom. The summed E-state index contributed by atoms with van der Waals surface area (Å²) in [5.41, 5.74) is 0.291. The molecule has 0 bridgehead atoms. The maximum Gasteiger partial charge on any atom is 0.138 e. The van der Waals surface area contributed by atoms with Gasteiger partial charge < -0.3 is 14.8 Å². The average molecular weight is 343 g/mol. The molecule has 1 atom stereocenters. The minimum Gasteiger partial charge on any atom is -0.463 e. The van der Waals surface area contributed by atoms with Crippen LogP contribution in [0.15, 0.2) is 22.9 Å². The fraction of sp³-hybridized carbons (Fsp3) is 0.444. The maximum atomic E-state index is 10.7. The molecular formula is C18H21N3O2S. The van der Waals surface area contributed by atoms with Crippen molar-refractivity contribution in [1.29, 1.82) is 0 Å². The lowest BCUT2D eigenvalue weighted by molar-refractivity contribution is 0.0467. The number of anilines is 1. The van der Waals surface area contributed by atoms with Crippen LogP contribution in [-0.4, -0.2) is 21.6 Å². The van der Waals surface area contributed by atoms with Gasteiger partial charge in [-0.25, -0.2) is 9.97 Å². The van der Waals surface area contributed by atoms with Gasteiger partial charge >= 0.3 is 0 Å². The molecule has 0 saturated heterocycles. The van der Waals surface area contributed by atoms with Gasteiger partial charge in [-0.05, 0) is 57.2 Å². The van der Waals surface area contributed by atoms with E-state index in [1.54, 1.807) is 24.6 Å². The first-order chi connectivity index (χ1) is 11.5. The molecular weight excluding hydrogens is 322 g/mol. The summed E-state index contributed by atoms with van der Waals surface area (Å²) in [5, 5.41) is 15.2. The normalized spacial score (nSPS) is 16.8. The Labute approximate surface area is 144 Å². The van der Waals surface area contributed by atoms with Crippen LogP contribution in [0.25, 0.3) is 10.2 Å². The number of nitrogens with zero attached hydrogens (tertiary/aromatic N) is 2. The van der Waals surface area contributed by atoms with E-state index in [2.05, 4.69) is 15.3 Å². The molecule has 0 aromatic carbocycles. The van der Waals surface area contributed by atoms with Crippen LogP contribution >= 0.6 is 11.3 Å². The number of furan rings is 1. The van der Waals surface area contributed by atoms with Gasteiger partial charge in [0.25, 0.3) is 0 Å². The van der Waals surface area contributed by atoms with Gasteiger partial charge in [-0.15, -0.1) is 11.3 Å². The number of aryl methyl sites for hydroxylation is 3. The van der Waals surface area contributed by atoms with E-state index in [9.17, 15) is 5.11 Å². The zero-order valence-corrected chi connectivity index (χ0v) is 14.7. The molecule has 0 amide bonds. The van der Waals surface area contributed by atoms with Crippen molar-refractivity contribution in [3.8, 4) is 0 Å². The lowest BCUT2D eigenvalue weighted by Crippen LogP contribution is -2.30. The Morgan fingerprint density at radius 2 is 2.12 bits per heavy atom. The molecule has 2 N–H and O–H groups in total. The van der Waals surface area contributed by atoms with E-state index in [0.717, 1.165) is 34.6 Å². The van der Waals surface area contributed by atoms with Gasteiger partial charge in [-0.3, -0.25) is 0 Å². The van der Waals surface area contributed by atoms with E-state index in [4.69, 9.17) is 4.42 Å². The van der Waals surface area contributed by atoms with E-state index < -0.39 is 5.60 Å². The number of aliphatic hydroxyl groups is 1. The molecule has 5 nitrogen and oxygen atoms in total. The highest BCUT2D eigenvalue weighted by Crippen LogP contribution is 2.38. The Balaban J connectivity index is 1.64. The van der Waals surface area contributed by atoms with Crippen LogP contribution in [0.4, 0.5) is 5.82 Å². The van der Waals surface area contributed by atoms with Gasteiger partial charge in [-0.2, -0.15) is 0 Å². The lowest BCUT2D eigenvalue weighted by Gasteiger charge is -2.22. The van der Waals surface area contributed by atoms with Crippen LogP contribution < -0.4 is 5.32 Å². The Hall–Kier alpha value is -1.92. The molecule has 6 heteroatoms. The van der Waals surface area contributed by atoms with Crippen LogP contribution in [0.2, 0.25) is 0 Å². The largest absolute Gasteiger partial charge is 0.463 e. The fourth-order valence-electron chi connectivity index (χ4n) is 3.29. The fourth-order valence-corrected chi connectivity index (χ4v) is 4.52. The van der Waals surface area contributed by atoms with Gasteiger partial charge in [0, 0.05) is 4.88 Å². The molecule has 24 heavy (non-hydrogen) atoms. The first-order valence-electron chi connectivity index (χ1n) is 8.33. The number of hydrogen-bond acceptors (Lipinski definition) is 6. The van der Waals surface area contributed by atoms with Gasteiger partial charge in [0.1, 0.15) is 34.1 Å². The molecule has 126 valence electrons. The number of thiophene rings is 1. The first-order valence-corrected chi connectivity index (χ1v) is 9.15. The van der Waals surface area contributed by atoms with Gasteiger partial charge in [0.2, 0.25) is 0 Å². The molecule has 0 spiro atoms. The number of aromatic nitrogens is 2. The number of nitrogens with one attached hydrogen (secondary N) is 1. The van der Waals surface area contributed by atoms with Crippen molar-refractivity contribution in [3.05, 3.63) is 40.4 Å². The zero-order valence-electron chi connectivity index (χ0n) is 13.9. The highest BCUT2D eigenvalue weighted by molar-refractivity contribution is 7.19. The number of rotatable bonds is 4. The van der Waals surface area contributed by atoms with Crippen molar-refractivity contribution in [2.45, 2.75) is 45.1 Å². The second-order valence-electron chi connectivity index (χ2n) is 6.65. The number of fused-ring (bicyclic) bond motifs is 3. The summed E-state index contributed by atoms with van der Waals surface area (Å²) in [4.78, 5) is 11.3. The van der Waals surface area contributed by atoms with Crippen molar-refractivity contribution < 1.29 is 9.52 Å². The van der Waals surface area contributed by atoms with Crippen molar-refractivity contribution >= 4 is 27.4 Å².